The topological polar surface area (TPSA) is 53.8 Å². The maximum absolute atomic E-state index is 10.1. The molecule has 0 radical (unpaired) electrons. The van der Waals surface area contributed by atoms with Crippen LogP contribution in [0.4, 0.5) is 5.69 Å². The van der Waals surface area contributed by atoms with E-state index in [-0.39, 0.29) is 5.75 Å². The smallest absolute Gasteiger partial charge is 0.166 e. The first kappa shape index (κ1) is 14.9. The van der Waals surface area contributed by atoms with Gasteiger partial charge < -0.3 is 9.84 Å². The van der Waals surface area contributed by atoms with E-state index in [0.717, 1.165) is 5.69 Å². The lowest BCUT2D eigenvalue weighted by Gasteiger charge is -2.07. The van der Waals surface area contributed by atoms with Crippen LogP contribution in [0.15, 0.2) is 41.5 Å². The lowest BCUT2D eigenvalue weighted by molar-refractivity contribution is 0.318. The number of para-hydroxylation sites is 1. The number of nitrogens with zero attached hydrogens (tertiary/aromatic N) is 1. The molecular weight excluding hydrogens is 264 g/mol. The zero-order valence-electron chi connectivity index (χ0n) is 12.6. The molecule has 0 spiro atoms. The van der Waals surface area contributed by atoms with E-state index >= 15 is 0 Å². The molecule has 0 bridgehead atoms. The molecule has 0 fully saturated rings. The molecule has 0 unspecified atom stereocenters. The molecule has 0 aliphatic rings. The van der Waals surface area contributed by atoms with Crippen LogP contribution in [0.5, 0.6) is 11.5 Å². The van der Waals surface area contributed by atoms with Crippen molar-refractivity contribution in [2.24, 2.45) is 5.10 Å². The Morgan fingerprint density at radius 2 is 2.00 bits per heavy atom. The minimum atomic E-state index is 0.102. The third-order valence-electron chi connectivity index (χ3n) is 3.23. The van der Waals surface area contributed by atoms with Gasteiger partial charge >= 0.3 is 0 Å². The second-order valence-corrected chi connectivity index (χ2v) is 4.80. The fourth-order valence-electron chi connectivity index (χ4n) is 1.90. The van der Waals surface area contributed by atoms with Crippen molar-refractivity contribution in [3.05, 3.63) is 53.1 Å². The number of aryl methyl sites for hydroxylation is 2. The highest BCUT2D eigenvalue weighted by Crippen LogP contribution is 2.28. The first-order valence-electron chi connectivity index (χ1n) is 6.93. The van der Waals surface area contributed by atoms with Crippen LogP contribution in [0, 0.1) is 13.8 Å². The number of hydrogen-bond acceptors (Lipinski definition) is 4. The van der Waals surface area contributed by atoms with Crippen molar-refractivity contribution in [1.82, 2.24) is 0 Å². The molecule has 0 amide bonds. The number of hydrazone groups is 1. The number of aromatic hydroxyl groups is 1. The standard InChI is InChI=1S/C17H20N2O2/c1-4-21-16-7-5-6-14(17(16)20)11-18-19-15-9-8-12(2)13(3)10-15/h5-11,19-20H,4H2,1-3H3/b18-11+. The molecule has 21 heavy (non-hydrogen) atoms. The first-order chi connectivity index (χ1) is 10.1. The molecule has 0 saturated carbocycles. The highest BCUT2D eigenvalue weighted by Gasteiger charge is 2.05. The van der Waals surface area contributed by atoms with Gasteiger partial charge in [-0.05, 0) is 56.2 Å². The molecule has 110 valence electrons. The van der Waals surface area contributed by atoms with Gasteiger partial charge in [0.15, 0.2) is 11.5 Å². The molecule has 0 atom stereocenters. The predicted octanol–water partition coefficient (Wildman–Crippen LogP) is 3.85. The summed E-state index contributed by atoms with van der Waals surface area (Å²) >= 11 is 0. The van der Waals surface area contributed by atoms with Crippen LogP contribution >= 0.6 is 0 Å². The van der Waals surface area contributed by atoms with Crippen molar-refractivity contribution in [3.8, 4) is 11.5 Å². The molecule has 0 aliphatic carbocycles. The number of rotatable bonds is 5. The molecule has 2 rings (SSSR count). The highest BCUT2D eigenvalue weighted by molar-refractivity contribution is 5.85. The van der Waals surface area contributed by atoms with Crippen molar-refractivity contribution < 1.29 is 9.84 Å². The lowest BCUT2D eigenvalue weighted by atomic mass is 10.1. The van der Waals surface area contributed by atoms with E-state index < -0.39 is 0 Å². The Bertz CT molecular complexity index is 651. The summed E-state index contributed by atoms with van der Waals surface area (Å²) in [6.07, 6.45) is 1.58. The quantitative estimate of drug-likeness (QED) is 0.647. The van der Waals surface area contributed by atoms with Crippen LogP contribution in [0.2, 0.25) is 0 Å². The van der Waals surface area contributed by atoms with Gasteiger partial charge in [0.2, 0.25) is 0 Å². The van der Waals surface area contributed by atoms with Gasteiger partial charge in [-0.2, -0.15) is 5.10 Å². The molecule has 2 aromatic carbocycles. The highest BCUT2D eigenvalue weighted by atomic mass is 16.5. The number of hydrogen-bond donors (Lipinski definition) is 2. The number of benzene rings is 2. The van der Waals surface area contributed by atoms with E-state index in [9.17, 15) is 5.11 Å². The van der Waals surface area contributed by atoms with Crippen molar-refractivity contribution in [1.29, 1.82) is 0 Å². The third-order valence-corrected chi connectivity index (χ3v) is 3.23. The SMILES string of the molecule is CCOc1cccc(/C=N/Nc2ccc(C)c(C)c2)c1O. The molecule has 0 saturated heterocycles. The van der Waals surface area contributed by atoms with Crippen molar-refractivity contribution in [2.75, 3.05) is 12.0 Å². The van der Waals surface area contributed by atoms with Crippen LogP contribution in [-0.4, -0.2) is 17.9 Å². The maximum Gasteiger partial charge on any atom is 0.166 e. The molecule has 2 aromatic rings. The Balaban J connectivity index is 2.10. The molecule has 4 heteroatoms. The molecule has 0 aliphatic heterocycles. The van der Waals surface area contributed by atoms with Crippen LogP contribution < -0.4 is 10.2 Å². The molecule has 0 heterocycles. The fourth-order valence-corrected chi connectivity index (χ4v) is 1.90. The largest absolute Gasteiger partial charge is 0.504 e. The molecule has 0 aromatic heterocycles. The Morgan fingerprint density at radius 1 is 1.19 bits per heavy atom. The first-order valence-corrected chi connectivity index (χ1v) is 6.93. The number of nitrogens with one attached hydrogen (secondary N) is 1. The predicted molar refractivity (Wildman–Crippen MR) is 86.4 cm³/mol. The normalized spacial score (nSPS) is 10.8. The van der Waals surface area contributed by atoms with Crippen LogP contribution in [0.3, 0.4) is 0 Å². The van der Waals surface area contributed by atoms with Gasteiger partial charge in [0, 0.05) is 5.56 Å². The van der Waals surface area contributed by atoms with Gasteiger partial charge in [0.1, 0.15) is 0 Å². The summed E-state index contributed by atoms with van der Waals surface area (Å²) in [6.45, 7) is 6.51. The summed E-state index contributed by atoms with van der Waals surface area (Å²) in [6, 6.07) is 11.4. The summed E-state index contributed by atoms with van der Waals surface area (Å²) in [4.78, 5) is 0. The summed E-state index contributed by atoms with van der Waals surface area (Å²) in [5.74, 6) is 0.567. The number of anilines is 1. The van der Waals surface area contributed by atoms with Crippen molar-refractivity contribution in [2.45, 2.75) is 20.8 Å². The molecular formula is C17H20N2O2. The van der Waals surface area contributed by atoms with Gasteiger partial charge in [-0.1, -0.05) is 12.1 Å². The van der Waals surface area contributed by atoms with Crippen LogP contribution in [-0.2, 0) is 0 Å². The average Bonchev–Trinajstić information content (AvgIpc) is 2.47. The van der Waals surface area contributed by atoms with E-state index in [0.29, 0.717) is 17.9 Å². The van der Waals surface area contributed by atoms with Gasteiger partial charge in [-0.25, -0.2) is 0 Å². The molecule has 2 N–H and O–H groups in total. The zero-order valence-corrected chi connectivity index (χ0v) is 12.6. The second kappa shape index (κ2) is 6.79. The Labute approximate surface area is 125 Å². The van der Waals surface area contributed by atoms with E-state index in [1.807, 2.05) is 31.2 Å². The van der Waals surface area contributed by atoms with Crippen LogP contribution in [0.25, 0.3) is 0 Å². The van der Waals surface area contributed by atoms with Gasteiger partial charge in [0.25, 0.3) is 0 Å². The van der Waals surface area contributed by atoms with Crippen molar-refractivity contribution in [3.63, 3.8) is 0 Å². The fraction of sp³-hybridized carbons (Fsp3) is 0.235. The summed E-state index contributed by atoms with van der Waals surface area (Å²) in [7, 11) is 0. The lowest BCUT2D eigenvalue weighted by Crippen LogP contribution is -1.95. The van der Waals surface area contributed by atoms with E-state index in [4.69, 9.17) is 4.74 Å². The summed E-state index contributed by atoms with van der Waals surface area (Å²) in [5, 5.41) is 14.2. The number of phenolic OH excluding ortho intramolecular Hbond substituents is 1. The Morgan fingerprint density at radius 3 is 2.71 bits per heavy atom. The van der Waals surface area contributed by atoms with E-state index in [1.165, 1.54) is 11.1 Å². The second-order valence-electron chi connectivity index (χ2n) is 4.80. The number of phenols is 1. The van der Waals surface area contributed by atoms with Gasteiger partial charge in [-0.15, -0.1) is 0 Å². The van der Waals surface area contributed by atoms with E-state index in [2.05, 4.69) is 24.4 Å². The average molecular weight is 284 g/mol. The minimum absolute atomic E-state index is 0.102. The molecule has 4 nitrogen and oxygen atoms in total. The summed E-state index contributed by atoms with van der Waals surface area (Å²) in [5.41, 5.74) is 6.93. The van der Waals surface area contributed by atoms with E-state index in [1.54, 1.807) is 18.3 Å². The third kappa shape index (κ3) is 3.75. The van der Waals surface area contributed by atoms with Crippen molar-refractivity contribution >= 4 is 11.9 Å². The van der Waals surface area contributed by atoms with Crippen LogP contribution in [0.1, 0.15) is 23.6 Å². The minimum Gasteiger partial charge on any atom is -0.504 e. The maximum atomic E-state index is 10.1. The summed E-state index contributed by atoms with van der Waals surface area (Å²) < 4.78 is 5.34. The van der Waals surface area contributed by atoms with Gasteiger partial charge in [-0.3, -0.25) is 5.43 Å². The van der Waals surface area contributed by atoms with Gasteiger partial charge in [0.05, 0.1) is 18.5 Å². The Kier molecular flexibility index (Phi) is 4.82. The zero-order chi connectivity index (χ0) is 15.2. The Hall–Kier alpha value is -2.49. The monoisotopic (exact) mass is 284 g/mol. The number of ether oxygens (including phenoxy) is 1.